The van der Waals surface area contributed by atoms with Crippen molar-refractivity contribution in [2.45, 2.75) is 44.1 Å². The summed E-state index contributed by atoms with van der Waals surface area (Å²) in [6, 6.07) is 2.16. The van der Waals surface area contributed by atoms with Gasteiger partial charge in [-0.3, -0.25) is 4.98 Å². The lowest BCUT2D eigenvalue weighted by molar-refractivity contribution is 0.0107. The lowest BCUT2D eigenvalue weighted by atomic mass is 9.53. The molecule has 18 heavy (non-hydrogen) atoms. The van der Waals surface area contributed by atoms with Gasteiger partial charge < -0.3 is 5.32 Å². The van der Waals surface area contributed by atoms with Gasteiger partial charge in [0.05, 0.1) is 11.9 Å². The number of pyridine rings is 1. The molecule has 0 radical (unpaired) electrons. The maximum Gasteiger partial charge on any atom is 0.0542 e. The third-order valence-electron chi connectivity index (χ3n) is 5.15. The lowest BCUT2D eigenvalue weighted by Crippen LogP contribution is -2.54. The largest absolute Gasteiger partial charge is 0.378 e. The molecule has 4 bridgehead atoms. The second-order valence-corrected chi connectivity index (χ2v) is 7.63. The van der Waals surface area contributed by atoms with Crippen LogP contribution in [0, 0.1) is 17.8 Å². The van der Waals surface area contributed by atoms with Gasteiger partial charge in [-0.15, -0.1) is 0 Å². The zero-order chi connectivity index (χ0) is 12.2. The van der Waals surface area contributed by atoms with Crippen LogP contribution in [-0.2, 0) is 0 Å². The number of rotatable bonds is 2. The second kappa shape index (κ2) is 3.96. The summed E-state index contributed by atoms with van der Waals surface area (Å²) in [6.07, 6.45) is 12.4. The molecule has 1 aromatic heterocycles. The van der Waals surface area contributed by atoms with E-state index in [0.717, 1.165) is 22.2 Å². The second-order valence-electron chi connectivity index (χ2n) is 6.71. The van der Waals surface area contributed by atoms with Crippen molar-refractivity contribution in [3.05, 3.63) is 22.9 Å². The minimum absolute atomic E-state index is 0.386. The van der Waals surface area contributed by atoms with Gasteiger partial charge in [0.2, 0.25) is 0 Å². The molecule has 0 spiro atoms. The van der Waals surface area contributed by atoms with Gasteiger partial charge >= 0.3 is 0 Å². The summed E-state index contributed by atoms with van der Waals surface area (Å²) in [6.45, 7) is 0. The molecule has 96 valence electrons. The van der Waals surface area contributed by atoms with Gasteiger partial charge in [-0.05, 0) is 78.3 Å². The van der Waals surface area contributed by atoms with Crippen molar-refractivity contribution in [3.8, 4) is 0 Å². The maximum absolute atomic E-state index is 4.27. The summed E-state index contributed by atoms with van der Waals surface area (Å²) in [7, 11) is 0. The van der Waals surface area contributed by atoms with Crippen molar-refractivity contribution in [2.24, 2.45) is 17.8 Å². The fraction of sp³-hybridized carbons (Fsp3) is 0.667. The van der Waals surface area contributed by atoms with Gasteiger partial charge in [-0.2, -0.15) is 0 Å². The Morgan fingerprint density at radius 1 is 1.06 bits per heavy atom. The number of hydrogen-bond acceptors (Lipinski definition) is 2. The van der Waals surface area contributed by atoms with Crippen molar-refractivity contribution in [2.75, 3.05) is 5.32 Å². The van der Waals surface area contributed by atoms with E-state index in [0.29, 0.717) is 5.54 Å². The van der Waals surface area contributed by atoms with Crippen LogP contribution in [0.5, 0.6) is 0 Å². The molecule has 3 heteroatoms. The highest BCUT2D eigenvalue weighted by Gasteiger charge is 2.50. The molecule has 0 unspecified atom stereocenters. The number of nitrogens with zero attached hydrogens (tertiary/aromatic N) is 1. The molecule has 5 rings (SSSR count). The molecule has 0 aromatic carbocycles. The molecule has 0 amide bonds. The first kappa shape index (κ1) is 11.3. The van der Waals surface area contributed by atoms with Crippen molar-refractivity contribution < 1.29 is 0 Å². The van der Waals surface area contributed by atoms with Gasteiger partial charge in [-0.25, -0.2) is 0 Å². The highest BCUT2D eigenvalue weighted by atomic mass is 79.9. The van der Waals surface area contributed by atoms with Crippen LogP contribution >= 0.6 is 15.9 Å². The average Bonchev–Trinajstić information content (AvgIpc) is 2.25. The predicted molar refractivity (Wildman–Crippen MR) is 76.5 cm³/mol. The summed E-state index contributed by atoms with van der Waals surface area (Å²) < 4.78 is 1.07. The Kier molecular flexibility index (Phi) is 2.48. The Labute approximate surface area is 117 Å². The van der Waals surface area contributed by atoms with Gasteiger partial charge in [0.15, 0.2) is 0 Å². The summed E-state index contributed by atoms with van der Waals surface area (Å²) in [5, 5.41) is 3.83. The van der Waals surface area contributed by atoms with Gasteiger partial charge in [0, 0.05) is 16.2 Å². The first-order valence-corrected chi connectivity index (χ1v) is 7.89. The van der Waals surface area contributed by atoms with Crippen LogP contribution in [0.25, 0.3) is 0 Å². The Hall–Kier alpha value is -0.570. The van der Waals surface area contributed by atoms with E-state index < -0.39 is 0 Å². The summed E-state index contributed by atoms with van der Waals surface area (Å²) in [5.74, 6) is 2.97. The average molecular weight is 307 g/mol. The molecule has 0 aliphatic heterocycles. The molecule has 4 aliphatic rings. The fourth-order valence-corrected chi connectivity index (χ4v) is 5.41. The van der Waals surface area contributed by atoms with Crippen LogP contribution in [0.2, 0.25) is 0 Å². The quantitative estimate of drug-likeness (QED) is 0.884. The summed E-state index contributed by atoms with van der Waals surface area (Å²) in [5.41, 5.74) is 1.57. The van der Waals surface area contributed by atoms with Crippen LogP contribution in [-0.4, -0.2) is 10.5 Å². The van der Waals surface area contributed by atoms with E-state index in [1.54, 1.807) is 0 Å². The van der Waals surface area contributed by atoms with E-state index in [1.807, 2.05) is 12.4 Å². The van der Waals surface area contributed by atoms with Crippen molar-refractivity contribution in [3.63, 3.8) is 0 Å². The number of hydrogen-bond donors (Lipinski definition) is 1. The van der Waals surface area contributed by atoms with Crippen molar-refractivity contribution in [1.29, 1.82) is 0 Å². The van der Waals surface area contributed by atoms with Crippen LogP contribution in [0.15, 0.2) is 22.9 Å². The van der Waals surface area contributed by atoms with E-state index in [1.165, 1.54) is 44.2 Å². The minimum Gasteiger partial charge on any atom is -0.378 e. The predicted octanol–water partition coefficient (Wildman–Crippen LogP) is 4.22. The number of halogens is 1. The topological polar surface area (TPSA) is 24.9 Å². The molecule has 4 saturated carbocycles. The summed E-state index contributed by atoms with van der Waals surface area (Å²) >= 11 is 3.51. The van der Waals surface area contributed by atoms with E-state index in [4.69, 9.17) is 0 Å². The lowest BCUT2D eigenvalue weighted by Gasteiger charge is -2.57. The van der Waals surface area contributed by atoms with E-state index in [9.17, 15) is 0 Å². The van der Waals surface area contributed by atoms with E-state index in [2.05, 4.69) is 32.3 Å². The third kappa shape index (κ3) is 1.87. The SMILES string of the molecule is Brc1cncc(NC23CC4CC(CC(C4)C2)C3)c1. The van der Waals surface area contributed by atoms with E-state index >= 15 is 0 Å². The van der Waals surface area contributed by atoms with E-state index in [-0.39, 0.29) is 0 Å². The Balaban J connectivity index is 1.60. The third-order valence-corrected chi connectivity index (χ3v) is 5.59. The molecule has 2 nitrogen and oxygen atoms in total. The highest BCUT2D eigenvalue weighted by Crippen LogP contribution is 2.56. The Morgan fingerprint density at radius 2 is 1.67 bits per heavy atom. The molecular formula is C15H19BrN2. The molecular weight excluding hydrogens is 288 g/mol. The minimum atomic E-state index is 0.386. The standard InChI is InChI=1S/C15H19BrN2/c16-13-4-14(9-17-8-13)18-15-5-10-1-11(6-15)3-12(2-10)7-15/h4,8-12,18H,1-3,5-7H2. The van der Waals surface area contributed by atoms with Crippen LogP contribution in [0.4, 0.5) is 5.69 Å². The van der Waals surface area contributed by atoms with Crippen LogP contribution in [0.3, 0.4) is 0 Å². The molecule has 1 N–H and O–H groups in total. The van der Waals surface area contributed by atoms with Crippen LogP contribution < -0.4 is 5.32 Å². The molecule has 0 saturated heterocycles. The first-order chi connectivity index (χ1) is 8.71. The monoisotopic (exact) mass is 306 g/mol. The Morgan fingerprint density at radius 3 is 2.22 bits per heavy atom. The normalized spacial score (nSPS) is 41.1. The molecule has 1 aromatic rings. The maximum atomic E-state index is 4.27. The fourth-order valence-electron chi connectivity index (χ4n) is 5.05. The van der Waals surface area contributed by atoms with Crippen LogP contribution in [0.1, 0.15) is 38.5 Å². The zero-order valence-electron chi connectivity index (χ0n) is 10.5. The number of nitrogens with one attached hydrogen (secondary N) is 1. The van der Waals surface area contributed by atoms with Crippen molar-refractivity contribution >= 4 is 21.6 Å². The zero-order valence-corrected chi connectivity index (χ0v) is 12.1. The number of anilines is 1. The molecule has 0 atom stereocenters. The summed E-state index contributed by atoms with van der Waals surface area (Å²) in [4.78, 5) is 4.27. The van der Waals surface area contributed by atoms with Crippen molar-refractivity contribution in [1.82, 2.24) is 4.98 Å². The number of aromatic nitrogens is 1. The highest BCUT2D eigenvalue weighted by molar-refractivity contribution is 9.10. The Bertz CT molecular complexity index is 436. The van der Waals surface area contributed by atoms with Gasteiger partial charge in [0.1, 0.15) is 0 Å². The molecule has 4 fully saturated rings. The molecule has 4 aliphatic carbocycles. The van der Waals surface area contributed by atoms with Gasteiger partial charge in [-0.1, -0.05) is 0 Å². The first-order valence-electron chi connectivity index (χ1n) is 7.09. The smallest absolute Gasteiger partial charge is 0.0542 e. The molecule has 1 heterocycles. The van der Waals surface area contributed by atoms with Gasteiger partial charge in [0.25, 0.3) is 0 Å².